The van der Waals surface area contributed by atoms with Crippen LogP contribution < -0.4 is 32.7 Å². The van der Waals surface area contributed by atoms with Crippen LogP contribution in [0.3, 0.4) is 0 Å². The van der Waals surface area contributed by atoms with E-state index in [2.05, 4.69) is 21.3 Å². The summed E-state index contributed by atoms with van der Waals surface area (Å²) in [5.74, 6) is -0.487. The van der Waals surface area contributed by atoms with Crippen LogP contribution in [0.15, 0.2) is 48.3 Å². The summed E-state index contributed by atoms with van der Waals surface area (Å²) in [6, 6.07) is 3.42. The van der Waals surface area contributed by atoms with E-state index in [0.29, 0.717) is 37.5 Å². The topological polar surface area (TPSA) is 192 Å². The van der Waals surface area contributed by atoms with Crippen LogP contribution in [0, 0.1) is 11.8 Å². The average Bonchev–Trinajstić information content (AvgIpc) is 3.16. The Kier molecular flexibility index (Phi) is 12.9. The van der Waals surface area contributed by atoms with Crippen molar-refractivity contribution in [2.24, 2.45) is 23.3 Å². The number of carbonyl (C=O) groups is 3. The van der Waals surface area contributed by atoms with Gasteiger partial charge >= 0.3 is 0 Å². The second kappa shape index (κ2) is 16.6. The third kappa shape index (κ3) is 10.3. The SMILES string of the molecule is NCCCCNC(=O)C(N)Cc1cc(C2=CC(CC(NC=O)C(=O)NCC3CCNCC3)C=C(O)C=C2)ccc1O. The number of hydrogen-bond acceptors (Lipinski definition) is 8. The number of aliphatic hydroxyl groups excluding tert-OH is 1. The monoisotopic (exact) mass is 568 g/mol. The van der Waals surface area contributed by atoms with E-state index in [4.69, 9.17) is 11.5 Å². The van der Waals surface area contributed by atoms with Gasteiger partial charge in [-0.25, -0.2) is 0 Å². The number of hydrogen-bond donors (Lipinski definition) is 8. The van der Waals surface area contributed by atoms with Gasteiger partial charge in [-0.2, -0.15) is 0 Å². The van der Waals surface area contributed by atoms with Crippen LogP contribution >= 0.6 is 0 Å². The van der Waals surface area contributed by atoms with Crippen molar-refractivity contribution in [1.82, 2.24) is 21.3 Å². The zero-order valence-corrected chi connectivity index (χ0v) is 23.5. The fourth-order valence-electron chi connectivity index (χ4n) is 5.04. The number of piperidine rings is 1. The van der Waals surface area contributed by atoms with Gasteiger partial charge in [0.05, 0.1) is 6.04 Å². The van der Waals surface area contributed by atoms with Crippen molar-refractivity contribution in [3.63, 3.8) is 0 Å². The van der Waals surface area contributed by atoms with E-state index in [-0.39, 0.29) is 42.1 Å². The smallest absolute Gasteiger partial charge is 0.242 e. The molecule has 0 radical (unpaired) electrons. The van der Waals surface area contributed by atoms with Crippen molar-refractivity contribution in [3.05, 3.63) is 59.4 Å². The average molecular weight is 569 g/mol. The molecule has 3 unspecified atom stereocenters. The number of nitrogens with one attached hydrogen (secondary N) is 4. The molecule has 10 N–H and O–H groups in total. The van der Waals surface area contributed by atoms with Gasteiger partial charge in [0.25, 0.3) is 0 Å². The van der Waals surface area contributed by atoms with Crippen molar-refractivity contribution < 1.29 is 24.6 Å². The highest BCUT2D eigenvalue weighted by molar-refractivity contribution is 5.84. The zero-order chi connectivity index (χ0) is 29.6. The Hall–Kier alpha value is -3.67. The van der Waals surface area contributed by atoms with Crippen LogP contribution in [0.2, 0.25) is 0 Å². The number of aromatic hydroxyl groups is 1. The maximum Gasteiger partial charge on any atom is 0.242 e. The second-order valence-electron chi connectivity index (χ2n) is 10.7. The van der Waals surface area contributed by atoms with Crippen LogP contribution in [0.25, 0.3) is 5.57 Å². The predicted molar refractivity (Wildman–Crippen MR) is 159 cm³/mol. The summed E-state index contributed by atoms with van der Waals surface area (Å²) < 4.78 is 0. The molecule has 0 spiro atoms. The third-order valence-electron chi connectivity index (χ3n) is 7.45. The molecule has 3 atom stereocenters. The molecule has 1 aliphatic carbocycles. The van der Waals surface area contributed by atoms with Crippen molar-refractivity contribution in [2.45, 2.75) is 50.6 Å². The second-order valence-corrected chi connectivity index (χ2v) is 10.7. The first-order valence-corrected chi connectivity index (χ1v) is 14.3. The number of unbranched alkanes of at least 4 members (excludes halogenated alkanes) is 1. The highest BCUT2D eigenvalue weighted by atomic mass is 16.3. The molecular formula is C30H44N6O5. The van der Waals surface area contributed by atoms with Gasteiger partial charge in [-0.3, -0.25) is 14.4 Å². The zero-order valence-electron chi connectivity index (χ0n) is 23.5. The van der Waals surface area contributed by atoms with Crippen molar-refractivity contribution >= 4 is 23.8 Å². The van der Waals surface area contributed by atoms with Crippen molar-refractivity contribution in [1.29, 1.82) is 0 Å². The summed E-state index contributed by atoms with van der Waals surface area (Å²) in [6.45, 7) is 3.45. The molecule has 0 aromatic heterocycles. The predicted octanol–water partition coefficient (Wildman–Crippen LogP) is 0.749. The summed E-state index contributed by atoms with van der Waals surface area (Å²) >= 11 is 0. The Bertz CT molecular complexity index is 1130. The summed E-state index contributed by atoms with van der Waals surface area (Å²) in [6.07, 6.45) is 11.3. The lowest BCUT2D eigenvalue weighted by Crippen LogP contribution is -2.46. The number of phenolic OH excluding ortho intramolecular Hbond substituents is 1. The largest absolute Gasteiger partial charge is 0.508 e. The van der Waals surface area contributed by atoms with Gasteiger partial charge in [0.2, 0.25) is 18.2 Å². The molecule has 0 bridgehead atoms. The van der Waals surface area contributed by atoms with Crippen LogP contribution in [-0.2, 0) is 20.8 Å². The number of nitrogens with two attached hydrogens (primary N) is 2. The maximum absolute atomic E-state index is 13.0. The lowest BCUT2D eigenvalue weighted by Gasteiger charge is -2.24. The van der Waals surface area contributed by atoms with E-state index >= 15 is 0 Å². The fourth-order valence-corrected chi connectivity index (χ4v) is 5.04. The molecule has 11 heteroatoms. The molecule has 1 heterocycles. The molecule has 11 nitrogen and oxygen atoms in total. The molecule has 2 aliphatic rings. The number of rotatable bonds is 15. The van der Waals surface area contributed by atoms with Gasteiger partial charge in [-0.15, -0.1) is 0 Å². The number of phenols is 1. The van der Waals surface area contributed by atoms with Gasteiger partial charge in [-0.05, 0) is 98.6 Å². The Balaban J connectivity index is 1.71. The van der Waals surface area contributed by atoms with E-state index in [0.717, 1.165) is 49.9 Å². The Morgan fingerprint density at radius 1 is 1.07 bits per heavy atom. The molecule has 1 aromatic carbocycles. The lowest BCUT2D eigenvalue weighted by atomic mass is 9.93. The number of benzene rings is 1. The Labute approximate surface area is 241 Å². The molecule has 1 fully saturated rings. The van der Waals surface area contributed by atoms with Gasteiger partial charge in [0.1, 0.15) is 17.6 Å². The molecule has 41 heavy (non-hydrogen) atoms. The van der Waals surface area contributed by atoms with Crippen LogP contribution in [0.4, 0.5) is 0 Å². The number of amides is 3. The molecule has 1 aliphatic heterocycles. The summed E-state index contributed by atoms with van der Waals surface area (Å²) in [5, 5.41) is 32.6. The molecule has 3 rings (SSSR count). The van der Waals surface area contributed by atoms with Crippen LogP contribution in [0.1, 0.15) is 43.2 Å². The summed E-state index contributed by atoms with van der Waals surface area (Å²) in [5.41, 5.74) is 13.6. The molecule has 1 aromatic rings. The minimum atomic E-state index is -0.843. The minimum Gasteiger partial charge on any atom is -0.508 e. The summed E-state index contributed by atoms with van der Waals surface area (Å²) in [7, 11) is 0. The third-order valence-corrected chi connectivity index (χ3v) is 7.45. The molecule has 1 saturated heterocycles. The van der Waals surface area contributed by atoms with E-state index in [9.17, 15) is 24.6 Å². The highest BCUT2D eigenvalue weighted by Crippen LogP contribution is 2.29. The summed E-state index contributed by atoms with van der Waals surface area (Å²) in [4.78, 5) is 36.7. The molecule has 3 amide bonds. The fraction of sp³-hybridized carbons (Fsp3) is 0.500. The maximum atomic E-state index is 13.0. The van der Waals surface area contributed by atoms with Gasteiger partial charge in [-0.1, -0.05) is 18.2 Å². The Morgan fingerprint density at radius 2 is 1.85 bits per heavy atom. The van der Waals surface area contributed by atoms with E-state index in [1.54, 1.807) is 36.4 Å². The molecule has 224 valence electrons. The van der Waals surface area contributed by atoms with E-state index in [1.165, 1.54) is 0 Å². The van der Waals surface area contributed by atoms with Gasteiger partial charge < -0.3 is 42.9 Å². The molecular weight excluding hydrogens is 524 g/mol. The lowest BCUT2D eigenvalue weighted by molar-refractivity contribution is -0.125. The first-order chi connectivity index (χ1) is 19.8. The van der Waals surface area contributed by atoms with Crippen molar-refractivity contribution in [2.75, 3.05) is 32.7 Å². The first-order valence-electron chi connectivity index (χ1n) is 14.3. The minimum absolute atomic E-state index is 0.0246. The highest BCUT2D eigenvalue weighted by Gasteiger charge is 2.24. The standard InChI is InChI=1S/C30H44N6O5/c31-9-1-2-10-34-29(40)26(32)17-24-16-23(4-6-28(24)39)22-3-5-25(38)14-21(13-22)15-27(36-19-37)30(41)35-18-20-7-11-33-12-8-20/h3-6,13-14,16,19-21,26-27,33,38-39H,1-2,7-12,15,17-18,31-32H2,(H,34,40)(H,35,41)(H,36,37). The normalized spacial score (nSPS) is 18.8. The van der Waals surface area contributed by atoms with Crippen LogP contribution in [0.5, 0.6) is 5.75 Å². The van der Waals surface area contributed by atoms with Crippen molar-refractivity contribution in [3.8, 4) is 5.75 Å². The van der Waals surface area contributed by atoms with E-state index < -0.39 is 12.1 Å². The number of aliphatic hydroxyl groups is 1. The van der Waals surface area contributed by atoms with Crippen LogP contribution in [-0.4, -0.2) is 73.2 Å². The van der Waals surface area contributed by atoms with Gasteiger partial charge in [0, 0.05) is 25.4 Å². The molecule has 0 saturated carbocycles. The van der Waals surface area contributed by atoms with Gasteiger partial charge in [0.15, 0.2) is 0 Å². The quantitative estimate of drug-likeness (QED) is 0.112. The number of carbonyl (C=O) groups excluding carboxylic acids is 3. The first kappa shape index (κ1) is 31.9. The number of allylic oxidation sites excluding steroid dienone is 5. The van der Waals surface area contributed by atoms with E-state index in [1.807, 2.05) is 6.08 Å². The Morgan fingerprint density at radius 3 is 2.59 bits per heavy atom.